The molecule has 0 radical (unpaired) electrons. The van der Waals surface area contributed by atoms with Gasteiger partial charge in [0.2, 0.25) is 0 Å². The second kappa shape index (κ2) is 6.04. The Balaban J connectivity index is 2.00. The van der Waals surface area contributed by atoms with Gasteiger partial charge in [0.1, 0.15) is 17.3 Å². The quantitative estimate of drug-likeness (QED) is 0.752. The van der Waals surface area contributed by atoms with E-state index in [0.717, 1.165) is 5.39 Å². The highest BCUT2D eigenvalue weighted by atomic mass is 16.5. The lowest BCUT2D eigenvalue weighted by Gasteiger charge is -2.11. The van der Waals surface area contributed by atoms with Crippen molar-refractivity contribution in [3.05, 3.63) is 45.9 Å². The van der Waals surface area contributed by atoms with Gasteiger partial charge in [0, 0.05) is 23.6 Å². The summed E-state index contributed by atoms with van der Waals surface area (Å²) >= 11 is 0. The van der Waals surface area contributed by atoms with Crippen molar-refractivity contribution in [2.75, 3.05) is 19.5 Å². The number of ether oxygens (including phenoxy) is 2. The van der Waals surface area contributed by atoms with E-state index in [2.05, 4.69) is 15.5 Å². The molecule has 0 spiro atoms. The van der Waals surface area contributed by atoms with Crippen LogP contribution in [0.4, 0.5) is 5.82 Å². The second-order valence-corrected chi connectivity index (χ2v) is 5.06. The molecule has 0 aliphatic heterocycles. The molecule has 2 heterocycles. The molecular formula is C16H17N3O4. The van der Waals surface area contributed by atoms with Gasteiger partial charge in [-0.15, -0.1) is 0 Å². The van der Waals surface area contributed by atoms with Crippen LogP contribution in [0.15, 0.2) is 33.6 Å². The van der Waals surface area contributed by atoms with Gasteiger partial charge in [-0.25, -0.2) is 0 Å². The minimum atomic E-state index is -0.197. The number of aryl methyl sites for hydroxylation is 1. The van der Waals surface area contributed by atoms with Crippen molar-refractivity contribution in [1.29, 1.82) is 0 Å². The summed E-state index contributed by atoms with van der Waals surface area (Å²) in [6, 6.07) is 7.11. The molecule has 23 heavy (non-hydrogen) atoms. The minimum absolute atomic E-state index is 0.197. The van der Waals surface area contributed by atoms with Crippen molar-refractivity contribution in [1.82, 2.24) is 10.1 Å². The van der Waals surface area contributed by atoms with Crippen molar-refractivity contribution >= 4 is 16.7 Å². The number of nitrogens with one attached hydrogen (secondary N) is 2. The monoisotopic (exact) mass is 315 g/mol. The second-order valence-electron chi connectivity index (χ2n) is 5.06. The van der Waals surface area contributed by atoms with E-state index in [-0.39, 0.29) is 5.56 Å². The molecule has 0 fully saturated rings. The number of hydrogen-bond acceptors (Lipinski definition) is 6. The molecule has 0 aliphatic carbocycles. The average molecular weight is 315 g/mol. The molecule has 120 valence electrons. The van der Waals surface area contributed by atoms with Crippen LogP contribution in [-0.2, 0) is 6.54 Å². The summed E-state index contributed by atoms with van der Waals surface area (Å²) in [6.45, 7) is 2.12. The van der Waals surface area contributed by atoms with Gasteiger partial charge in [-0.1, -0.05) is 5.16 Å². The number of anilines is 1. The molecule has 3 rings (SSSR count). The van der Waals surface area contributed by atoms with Crippen LogP contribution in [0.5, 0.6) is 11.5 Å². The Morgan fingerprint density at radius 1 is 1.22 bits per heavy atom. The largest absolute Gasteiger partial charge is 0.496 e. The Labute approximate surface area is 132 Å². The maximum absolute atomic E-state index is 12.3. The zero-order chi connectivity index (χ0) is 16.4. The number of nitrogens with zero attached hydrogens (tertiary/aromatic N) is 1. The van der Waals surface area contributed by atoms with E-state index in [4.69, 9.17) is 14.0 Å². The number of aromatic amines is 1. The number of pyridine rings is 1. The molecule has 7 heteroatoms. The Morgan fingerprint density at radius 3 is 2.61 bits per heavy atom. The standard InChI is InChI=1S/C16H17N3O4/c1-9-6-14(19-23-9)17-8-10-7-11-12(21-2)4-5-13(22-3)15(11)18-16(10)20/h4-7H,8H2,1-3H3,(H,17,19)(H,18,20). The highest BCUT2D eigenvalue weighted by Gasteiger charge is 2.12. The molecule has 0 saturated carbocycles. The van der Waals surface area contributed by atoms with Crippen LogP contribution in [0.1, 0.15) is 11.3 Å². The summed E-state index contributed by atoms with van der Waals surface area (Å²) < 4.78 is 15.6. The van der Waals surface area contributed by atoms with Crippen LogP contribution in [0.25, 0.3) is 10.9 Å². The van der Waals surface area contributed by atoms with Gasteiger partial charge >= 0.3 is 0 Å². The Kier molecular flexibility index (Phi) is 3.92. The number of methoxy groups -OCH3 is 2. The van der Waals surface area contributed by atoms with E-state index in [9.17, 15) is 4.79 Å². The number of benzene rings is 1. The maximum atomic E-state index is 12.3. The fourth-order valence-corrected chi connectivity index (χ4v) is 2.40. The number of fused-ring (bicyclic) bond motifs is 1. The molecule has 0 bridgehead atoms. The maximum Gasteiger partial charge on any atom is 0.253 e. The molecule has 7 nitrogen and oxygen atoms in total. The fourth-order valence-electron chi connectivity index (χ4n) is 2.40. The molecule has 2 aromatic heterocycles. The Morgan fingerprint density at radius 2 is 1.96 bits per heavy atom. The predicted molar refractivity (Wildman–Crippen MR) is 86.2 cm³/mol. The smallest absolute Gasteiger partial charge is 0.253 e. The predicted octanol–water partition coefficient (Wildman–Crippen LogP) is 2.45. The molecule has 0 amide bonds. The third kappa shape index (κ3) is 2.85. The number of aromatic nitrogens is 2. The van der Waals surface area contributed by atoms with E-state index >= 15 is 0 Å². The molecule has 3 aromatic rings. The first-order valence-electron chi connectivity index (χ1n) is 7.06. The van der Waals surface area contributed by atoms with E-state index in [0.29, 0.717) is 40.7 Å². The number of hydrogen-bond donors (Lipinski definition) is 2. The third-order valence-corrected chi connectivity index (χ3v) is 3.54. The first-order chi connectivity index (χ1) is 11.1. The topological polar surface area (TPSA) is 89.4 Å². The fraction of sp³-hybridized carbons (Fsp3) is 0.250. The summed E-state index contributed by atoms with van der Waals surface area (Å²) in [5.74, 6) is 2.53. The first kappa shape index (κ1) is 15.0. The van der Waals surface area contributed by atoms with E-state index in [1.54, 1.807) is 45.4 Å². The normalized spacial score (nSPS) is 10.7. The highest BCUT2D eigenvalue weighted by molar-refractivity contribution is 5.90. The van der Waals surface area contributed by atoms with Gasteiger partial charge in [-0.05, 0) is 25.1 Å². The van der Waals surface area contributed by atoms with Crippen LogP contribution in [0.2, 0.25) is 0 Å². The van der Waals surface area contributed by atoms with Gasteiger partial charge < -0.3 is 24.3 Å². The molecular weight excluding hydrogens is 298 g/mol. The van der Waals surface area contributed by atoms with Crippen LogP contribution < -0.4 is 20.3 Å². The van der Waals surface area contributed by atoms with Crippen LogP contribution >= 0.6 is 0 Å². The number of H-pyrrole nitrogens is 1. The molecule has 0 saturated heterocycles. The Hall–Kier alpha value is -2.96. The highest BCUT2D eigenvalue weighted by Crippen LogP contribution is 2.31. The van der Waals surface area contributed by atoms with Crippen molar-refractivity contribution in [2.24, 2.45) is 0 Å². The zero-order valence-corrected chi connectivity index (χ0v) is 13.1. The third-order valence-electron chi connectivity index (χ3n) is 3.54. The van der Waals surface area contributed by atoms with Gasteiger partial charge in [0.15, 0.2) is 5.82 Å². The summed E-state index contributed by atoms with van der Waals surface area (Å²) in [4.78, 5) is 15.1. The van der Waals surface area contributed by atoms with Gasteiger partial charge in [-0.2, -0.15) is 0 Å². The molecule has 2 N–H and O–H groups in total. The summed E-state index contributed by atoms with van der Waals surface area (Å²) in [6.07, 6.45) is 0. The Bertz CT molecular complexity index is 898. The van der Waals surface area contributed by atoms with Gasteiger partial charge in [-0.3, -0.25) is 4.79 Å². The molecule has 0 atom stereocenters. The van der Waals surface area contributed by atoms with Gasteiger partial charge in [0.05, 0.1) is 19.7 Å². The molecule has 1 aromatic carbocycles. The molecule has 0 aliphatic rings. The zero-order valence-electron chi connectivity index (χ0n) is 13.1. The summed E-state index contributed by atoms with van der Waals surface area (Å²) in [7, 11) is 3.14. The number of rotatable bonds is 5. The first-order valence-corrected chi connectivity index (χ1v) is 7.06. The van der Waals surface area contributed by atoms with E-state index < -0.39 is 0 Å². The SMILES string of the molecule is COc1ccc(OC)c2[nH]c(=O)c(CNc3cc(C)on3)cc12. The van der Waals surface area contributed by atoms with Crippen molar-refractivity contribution < 1.29 is 14.0 Å². The molecule has 0 unspecified atom stereocenters. The average Bonchev–Trinajstić information content (AvgIpc) is 2.97. The van der Waals surface area contributed by atoms with Crippen LogP contribution in [0, 0.1) is 6.92 Å². The van der Waals surface area contributed by atoms with Crippen molar-refractivity contribution in [3.63, 3.8) is 0 Å². The van der Waals surface area contributed by atoms with E-state index in [1.807, 2.05) is 0 Å². The lowest BCUT2D eigenvalue weighted by atomic mass is 10.1. The van der Waals surface area contributed by atoms with Crippen LogP contribution in [-0.4, -0.2) is 24.4 Å². The van der Waals surface area contributed by atoms with Gasteiger partial charge in [0.25, 0.3) is 5.56 Å². The minimum Gasteiger partial charge on any atom is -0.496 e. The van der Waals surface area contributed by atoms with Crippen LogP contribution in [0.3, 0.4) is 0 Å². The lowest BCUT2D eigenvalue weighted by molar-refractivity contribution is 0.399. The van der Waals surface area contributed by atoms with Crippen molar-refractivity contribution in [3.8, 4) is 11.5 Å². The van der Waals surface area contributed by atoms with Crippen molar-refractivity contribution in [2.45, 2.75) is 13.5 Å². The summed E-state index contributed by atoms with van der Waals surface area (Å²) in [5.41, 5.74) is 0.972. The summed E-state index contributed by atoms with van der Waals surface area (Å²) in [5, 5.41) is 7.67. The lowest BCUT2D eigenvalue weighted by Crippen LogP contribution is -2.16. The van der Waals surface area contributed by atoms with E-state index in [1.165, 1.54) is 0 Å².